The average molecular weight is 221 g/mol. The van der Waals surface area contributed by atoms with Crippen molar-refractivity contribution in [2.75, 3.05) is 0 Å². The molecule has 0 aromatic carbocycles. The number of aromatic amines is 2. The van der Waals surface area contributed by atoms with Crippen LogP contribution in [0.1, 0.15) is 0 Å². The van der Waals surface area contributed by atoms with E-state index in [0.717, 1.165) is 0 Å². The third-order valence-corrected chi connectivity index (χ3v) is 2.09. The van der Waals surface area contributed by atoms with Gasteiger partial charge in [-0.3, -0.25) is 14.5 Å². The minimum atomic E-state index is -0.137. The molecule has 0 unspecified atom stereocenters. The summed E-state index contributed by atoms with van der Waals surface area (Å²) in [4.78, 5) is 14.3. The van der Waals surface area contributed by atoms with E-state index in [2.05, 4.69) is 15.2 Å². The number of H-pyrrole nitrogens is 2. The van der Waals surface area contributed by atoms with E-state index in [-0.39, 0.29) is 56.9 Å². The van der Waals surface area contributed by atoms with Gasteiger partial charge in [-0.1, -0.05) is 0 Å². The van der Waals surface area contributed by atoms with Crippen LogP contribution in [0.15, 0.2) is 11.0 Å². The van der Waals surface area contributed by atoms with Crippen molar-refractivity contribution in [2.24, 2.45) is 7.05 Å². The van der Waals surface area contributed by atoms with Gasteiger partial charge in [0.2, 0.25) is 0 Å². The van der Waals surface area contributed by atoms with Crippen molar-refractivity contribution in [3.63, 3.8) is 0 Å². The Morgan fingerprint density at radius 1 is 1.62 bits per heavy atom. The molecule has 0 aliphatic carbocycles. The molecule has 2 N–H and O–H groups in total. The van der Waals surface area contributed by atoms with Crippen LogP contribution < -0.4 is 56.9 Å². The number of nitrogens with one attached hydrogen (secondary N) is 2. The number of nitrogens with zero attached hydrogens (tertiary/aromatic N) is 2. The van der Waals surface area contributed by atoms with E-state index in [1.807, 2.05) is 0 Å². The van der Waals surface area contributed by atoms with Gasteiger partial charge in [0.05, 0.1) is 6.20 Å². The van der Waals surface area contributed by atoms with Crippen LogP contribution >= 0.6 is 12.2 Å². The number of fused-ring (bicyclic) bond motifs is 1. The summed E-state index contributed by atoms with van der Waals surface area (Å²) in [6, 6.07) is 0. The van der Waals surface area contributed by atoms with Gasteiger partial charge in [0.25, 0.3) is 5.56 Å². The molecule has 0 radical (unpaired) electrons. The van der Waals surface area contributed by atoms with Gasteiger partial charge in [0.15, 0.2) is 4.77 Å². The van der Waals surface area contributed by atoms with Crippen LogP contribution in [0, 0.1) is 4.77 Å². The first kappa shape index (κ1) is 11.3. The second-order valence-electron chi connectivity index (χ2n) is 2.45. The summed E-state index contributed by atoms with van der Waals surface area (Å²) in [5.74, 6) is 0. The van der Waals surface area contributed by atoms with Gasteiger partial charge in [0, 0.05) is 7.05 Å². The summed E-state index contributed by atoms with van der Waals surface area (Å²) in [6.07, 6.45) is 1.48. The molecule has 0 fully saturated rings. The summed E-state index contributed by atoms with van der Waals surface area (Å²) in [7, 11) is 1.62. The molecule has 62 valence electrons. The molecule has 13 heavy (non-hydrogen) atoms. The fourth-order valence-electron chi connectivity index (χ4n) is 1.01. The van der Waals surface area contributed by atoms with Gasteiger partial charge in [-0.25, -0.2) is 0 Å². The SMILES string of the molecule is Cn1c(=S)[nH]c2[nH]ncc2c1=O.[K+]. The molecule has 0 bridgehead atoms. The molecule has 2 aromatic rings. The Morgan fingerprint density at radius 3 is 3.00 bits per heavy atom. The van der Waals surface area contributed by atoms with E-state index in [9.17, 15) is 4.79 Å². The number of hydrogen-bond donors (Lipinski definition) is 2. The smallest absolute Gasteiger partial charge is 0.317 e. The van der Waals surface area contributed by atoms with Crippen molar-refractivity contribution in [2.45, 2.75) is 0 Å². The molecule has 5 nitrogen and oxygen atoms in total. The summed E-state index contributed by atoms with van der Waals surface area (Å²) in [6.45, 7) is 0. The van der Waals surface area contributed by atoms with Crippen LogP contribution in [-0.2, 0) is 7.05 Å². The topological polar surface area (TPSA) is 66.5 Å². The van der Waals surface area contributed by atoms with Crippen LogP contribution in [-0.4, -0.2) is 19.7 Å². The third kappa shape index (κ3) is 1.85. The van der Waals surface area contributed by atoms with Gasteiger partial charge < -0.3 is 4.98 Å². The molecule has 0 saturated heterocycles. The van der Waals surface area contributed by atoms with Gasteiger partial charge in [-0.05, 0) is 12.2 Å². The zero-order valence-corrected chi connectivity index (χ0v) is 11.2. The van der Waals surface area contributed by atoms with Gasteiger partial charge in [-0.15, -0.1) is 0 Å². The summed E-state index contributed by atoms with van der Waals surface area (Å²) < 4.78 is 1.75. The first-order chi connectivity index (χ1) is 5.70. The maximum atomic E-state index is 11.4. The molecule has 2 aromatic heterocycles. The standard InChI is InChI=1S/C6H6N4OS.K/c1-10-5(11)3-2-7-9-4(3)8-6(10)12;/h2H,1H3,(H2,7,8,9,12);/q;+1. The van der Waals surface area contributed by atoms with Gasteiger partial charge in [0.1, 0.15) is 11.0 Å². The Bertz CT molecular complexity index is 539. The normalized spacial score (nSPS) is 9.92. The fraction of sp³-hybridized carbons (Fsp3) is 0.167. The zero-order chi connectivity index (χ0) is 8.72. The fourth-order valence-corrected chi connectivity index (χ4v) is 1.19. The molecule has 0 atom stereocenters. The Kier molecular flexibility index (Phi) is 3.61. The average Bonchev–Trinajstić information content (AvgIpc) is 2.48. The van der Waals surface area contributed by atoms with Crippen molar-refractivity contribution in [3.05, 3.63) is 21.3 Å². The summed E-state index contributed by atoms with van der Waals surface area (Å²) >= 11 is 4.89. The molecule has 7 heteroatoms. The minimum absolute atomic E-state index is 0. The van der Waals surface area contributed by atoms with Crippen LogP contribution in [0.5, 0.6) is 0 Å². The Hall–Kier alpha value is 0.206. The van der Waals surface area contributed by atoms with Gasteiger partial charge in [-0.2, -0.15) is 5.10 Å². The second kappa shape index (κ2) is 4.16. The minimum Gasteiger partial charge on any atom is -0.317 e. The van der Waals surface area contributed by atoms with Crippen molar-refractivity contribution >= 4 is 23.3 Å². The monoisotopic (exact) mass is 221 g/mol. The van der Waals surface area contributed by atoms with Crippen LogP contribution in [0.3, 0.4) is 0 Å². The quantitative estimate of drug-likeness (QED) is 0.376. The largest absolute Gasteiger partial charge is 1.00 e. The first-order valence-corrected chi connectivity index (χ1v) is 3.73. The number of rotatable bonds is 0. The van der Waals surface area contributed by atoms with Crippen molar-refractivity contribution < 1.29 is 51.4 Å². The van der Waals surface area contributed by atoms with E-state index in [1.165, 1.54) is 10.8 Å². The Labute approximate surface area is 121 Å². The van der Waals surface area contributed by atoms with Crippen LogP contribution in [0.25, 0.3) is 11.0 Å². The number of hydrogen-bond acceptors (Lipinski definition) is 3. The molecule has 0 aliphatic heterocycles. The number of aromatic nitrogens is 4. The molecule has 0 aliphatic rings. The summed E-state index contributed by atoms with van der Waals surface area (Å²) in [5.41, 5.74) is 0.436. The maximum Gasteiger partial charge on any atom is 1.00 e. The van der Waals surface area contributed by atoms with E-state index in [1.54, 1.807) is 7.05 Å². The van der Waals surface area contributed by atoms with Crippen LogP contribution in [0.4, 0.5) is 0 Å². The summed E-state index contributed by atoms with van der Waals surface area (Å²) in [5, 5.41) is 6.89. The molecular formula is C6H6KN4OS+. The van der Waals surface area contributed by atoms with E-state index < -0.39 is 0 Å². The van der Waals surface area contributed by atoms with Crippen molar-refractivity contribution in [1.82, 2.24) is 19.7 Å². The van der Waals surface area contributed by atoms with Crippen molar-refractivity contribution in [3.8, 4) is 0 Å². The molecule has 2 rings (SSSR count). The van der Waals surface area contributed by atoms with Crippen molar-refractivity contribution in [1.29, 1.82) is 0 Å². The van der Waals surface area contributed by atoms with E-state index in [0.29, 0.717) is 15.8 Å². The first-order valence-electron chi connectivity index (χ1n) is 3.32. The van der Waals surface area contributed by atoms with E-state index in [4.69, 9.17) is 12.2 Å². The maximum absolute atomic E-state index is 11.4. The zero-order valence-electron chi connectivity index (χ0n) is 7.29. The van der Waals surface area contributed by atoms with Gasteiger partial charge >= 0.3 is 51.4 Å². The molecule has 0 amide bonds. The Balaban J connectivity index is 0.000000845. The molecule has 0 saturated carbocycles. The predicted molar refractivity (Wildman–Crippen MR) is 46.5 cm³/mol. The van der Waals surface area contributed by atoms with E-state index >= 15 is 0 Å². The molecular weight excluding hydrogens is 215 g/mol. The Morgan fingerprint density at radius 2 is 2.31 bits per heavy atom. The molecule has 2 heterocycles. The van der Waals surface area contributed by atoms with Crippen LogP contribution in [0.2, 0.25) is 0 Å². The predicted octanol–water partition coefficient (Wildman–Crippen LogP) is -2.68. The third-order valence-electron chi connectivity index (χ3n) is 1.71. The molecule has 0 spiro atoms. The second-order valence-corrected chi connectivity index (χ2v) is 2.84.